The summed E-state index contributed by atoms with van der Waals surface area (Å²) in [5, 5.41) is 5.09. The number of ether oxygens (including phenoxy) is 1. The molecule has 4 amide bonds. The first-order valence-corrected chi connectivity index (χ1v) is 8.92. The van der Waals surface area contributed by atoms with Gasteiger partial charge in [-0.25, -0.2) is 4.79 Å². The Balaban J connectivity index is 1.80. The monoisotopic (exact) mass is 395 g/mol. The molecule has 0 aliphatic carbocycles. The summed E-state index contributed by atoms with van der Waals surface area (Å²) in [6, 6.07) is 6.37. The van der Waals surface area contributed by atoms with Gasteiger partial charge in [-0.2, -0.15) is 0 Å². The summed E-state index contributed by atoms with van der Waals surface area (Å²) in [6.07, 6.45) is 0.0126. The van der Waals surface area contributed by atoms with Crippen molar-refractivity contribution in [1.29, 1.82) is 0 Å². The lowest BCUT2D eigenvalue weighted by molar-refractivity contribution is -0.152. The zero-order chi connectivity index (χ0) is 20.0. The fourth-order valence-corrected chi connectivity index (χ4v) is 2.83. The number of urea groups is 1. The number of imide groups is 1. The summed E-state index contributed by atoms with van der Waals surface area (Å²) in [7, 11) is 0. The summed E-state index contributed by atoms with van der Waals surface area (Å²) in [5.41, 5.74) is 0.789. The number of hydrogen-bond donors (Lipinski definition) is 2. The Morgan fingerprint density at radius 1 is 1.30 bits per heavy atom. The number of esters is 1. The molecular weight excluding hydrogens is 374 g/mol. The molecule has 1 aliphatic heterocycles. The van der Waals surface area contributed by atoms with Gasteiger partial charge in [0.25, 0.3) is 5.91 Å². The molecule has 1 fully saturated rings. The number of nitrogens with zero attached hydrogens (tertiary/aromatic N) is 1. The molecule has 2 N–H and O–H groups in total. The van der Waals surface area contributed by atoms with Crippen LogP contribution in [0.1, 0.15) is 25.8 Å². The van der Waals surface area contributed by atoms with Gasteiger partial charge in [0.2, 0.25) is 5.91 Å². The first kappa shape index (κ1) is 20.7. The number of likely N-dealkylation sites (tertiary alicyclic amines) is 1. The van der Waals surface area contributed by atoms with Gasteiger partial charge in [0.1, 0.15) is 0 Å². The quantitative estimate of drug-likeness (QED) is 0.709. The third kappa shape index (κ3) is 6.25. The molecule has 27 heavy (non-hydrogen) atoms. The van der Waals surface area contributed by atoms with Crippen LogP contribution >= 0.6 is 11.6 Å². The van der Waals surface area contributed by atoms with Crippen LogP contribution in [0.5, 0.6) is 0 Å². The fraction of sp³-hybridized carbons (Fsp3) is 0.444. The number of carbonyl (C=O) groups is 4. The lowest BCUT2D eigenvalue weighted by Gasteiger charge is -2.17. The zero-order valence-corrected chi connectivity index (χ0v) is 15.9. The number of benzene rings is 1. The summed E-state index contributed by atoms with van der Waals surface area (Å²) < 4.78 is 4.93. The van der Waals surface area contributed by atoms with Crippen molar-refractivity contribution in [2.45, 2.75) is 32.9 Å². The van der Waals surface area contributed by atoms with Crippen molar-refractivity contribution in [3.63, 3.8) is 0 Å². The van der Waals surface area contributed by atoms with Crippen molar-refractivity contribution in [2.24, 2.45) is 5.92 Å². The fourth-order valence-electron chi connectivity index (χ4n) is 2.63. The lowest BCUT2D eigenvalue weighted by Crippen LogP contribution is -2.44. The van der Waals surface area contributed by atoms with Gasteiger partial charge in [0.15, 0.2) is 6.61 Å². The average molecular weight is 396 g/mol. The van der Waals surface area contributed by atoms with Crippen LogP contribution in [-0.4, -0.2) is 47.9 Å². The minimum Gasteiger partial charge on any atom is -0.455 e. The summed E-state index contributed by atoms with van der Waals surface area (Å²) in [5.74, 6) is -2.22. The smallest absolute Gasteiger partial charge is 0.321 e. The highest BCUT2D eigenvalue weighted by Gasteiger charge is 2.35. The molecule has 1 aromatic carbocycles. The van der Waals surface area contributed by atoms with Crippen molar-refractivity contribution < 1.29 is 23.9 Å². The number of nitrogens with one attached hydrogen (secondary N) is 2. The first-order chi connectivity index (χ1) is 12.8. The molecular formula is C18H22ClN3O5. The predicted molar refractivity (Wildman–Crippen MR) is 97.7 cm³/mol. The number of carbonyl (C=O) groups excluding carboxylic acids is 4. The van der Waals surface area contributed by atoms with Gasteiger partial charge in [0.05, 0.1) is 5.92 Å². The summed E-state index contributed by atoms with van der Waals surface area (Å²) >= 11 is 6.10. The Labute approximate surface area is 162 Å². The molecule has 0 radical (unpaired) electrons. The van der Waals surface area contributed by atoms with E-state index < -0.39 is 30.4 Å². The molecule has 1 aromatic rings. The van der Waals surface area contributed by atoms with Crippen LogP contribution in [0.15, 0.2) is 24.3 Å². The van der Waals surface area contributed by atoms with E-state index in [0.29, 0.717) is 11.6 Å². The maximum Gasteiger partial charge on any atom is 0.321 e. The second-order valence-electron chi connectivity index (χ2n) is 6.55. The SMILES string of the molecule is CC(C)NC(=O)NC(=O)COC(=O)[C@H]1CC(=O)N(Cc2ccccc2Cl)C1. The number of amides is 4. The second-order valence-corrected chi connectivity index (χ2v) is 6.96. The van der Waals surface area contributed by atoms with E-state index in [2.05, 4.69) is 10.6 Å². The van der Waals surface area contributed by atoms with Gasteiger partial charge in [-0.05, 0) is 25.5 Å². The minimum atomic E-state index is -0.737. The standard InChI is InChI=1S/C18H22ClN3O5/c1-11(2)20-18(26)21-15(23)10-27-17(25)13-7-16(24)22(9-13)8-12-5-3-4-6-14(12)19/h3-6,11,13H,7-10H2,1-2H3,(H2,20,21,23,26)/t13-/m0/s1. The van der Waals surface area contributed by atoms with Crippen molar-refractivity contribution in [1.82, 2.24) is 15.5 Å². The minimum absolute atomic E-state index is 0.0126. The second kappa shape index (κ2) is 9.36. The van der Waals surface area contributed by atoms with Crippen LogP contribution in [0.25, 0.3) is 0 Å². The topological polar surface area (TPSA) is 105 Å². The Kier molecular flexibility index (Phi) is 7.18. The number of halogens is 1. The average Bonchev–Trinajstić information content (AvgIpc) is 2.95. The number of hydrogen-bond acceptors (Lipinski definition) is 5. The van der Waals surface area contributed by atoms with Crippen LogP contribution in [0.4, 0.5) is 4.79 Å². The van der Waals surface area contributed by atoms with E-state index in [1.165, 1.54) is 4.90 Å². The summed E-state index contributed by atoms with van der Waals surface area (Å²) in [4.78, 5) is 48.8. The Hall–Kier alpha value is -2.61. The van der Waals surface area contributed by atoms with Gasteiger partial charge >= 0.3 is 12.0 Å². The third-order valence-corrected chi connectivity index (χ3v) is 4.25. The highest BCUT2D eigenvalue weighted by Crippen LogP contribution is 2.24. The molecule has 0 aromatic heterocycles. The van der Waals surface area contributed by atoms with Crippen LogP contribution in [-0.2, 0) is 25.7 Å². The van der Waals surface area contributed by atoms with E-state index in [9.17, 15) is 19.2 Å². The van der Waals surface area contributed by atoms with Crippen LogP contribution in [0.2, 0.25) is 5.02 Å². The molecule has 146 valence electrons. The third-order valence-electron chi connectivity index (χ3n) is 3.89. The molecule has 1 heterocycles. The summed E-state index contributed by atoms with van der Waals surface area (Å²) in [6.45, 7) is 3.40. The molecule has 1 aliphatic rings. The van der Waals surface area contributed by atoms with E-state index in [1.54, 1.807) is 26.0 Å². The molecule has 0 bridgehead atoms. The van der Waals surface area contributed by atoms with E-state index in [-0.39, 0.29) is 24.9 Å². The van der Waals surface area contributed by atoms with Gasteiger partial charge in [-0.15, -0.1) is 0 Å². The van der Waals surface area contributed by atoms with E-state index >= 15 is 0 Å². The molecule has 2 rings (SSSR count). The molecule has 1 atom stereocenters. The highest BCUT2D eigenvalue weighted by atomic mass is 35.5. The van der Waals surface area contributed by atoms with Gasteiger partial charge in [0, 0.05) is 30.6 Å². The molecule has 0 unspecified atom stereocenters. The van der Waals surface area contributed by atoms with Crippen LogP contribution < -0.4 is 10.6 Å². The largest absolute Gasteiger partial charge is 0.455 e. The molecule has 8 nitrogen and oxygen atoms in total. The normalized spacial score (nSPS) is 16.4. The number of rotatable bonds is 6. The zero-order valence-electron chi connectivity index (χ0n) is 15.2. The van der Waals surface area contributed by atoms with Crippen molar-refractivity contribution in [3.05, 3.63) is 34.9 Å². The van der Waals surface area contributed by atoms with Crippen LogP contribution in [0, 0.1) is 5.92 Å². The maximum atomic E-state index is 12.1. The first-order valence-electron chi connectivity index (χ1n) is 8.54. The maximum absolute atomic E-state index is 12.1. The molecule has 0 spiro atoms. The van der Waals surface area contributed by atoms with E-state index in [1.807, 2.05) is 12.1 Å². The van der Waals surface area contributed by atoms with Crippen LogP contribution in [0.3, 0.4) is 0 Å². The van der Waals surface area contributed by atoms with E-state index in [0.717, 1.165) is 5.56 Å². The van der Waals surface area contributed by atoms with Crippen molar-refractivity contribution in [2.75, 3.05) is 13.2 Å². The highest BCUT2D eigenvalue weighted by molar-refractivity contribution is 6.31. The van der Waals surface area contributed by atoms with Crippen molar-refractivity contribution in [3.8, 4) is 0 Å². The molecule has 1 saturated heterocycles. The Bertz CT molecular complexity index is 737. The predicted octanol–water partition coefficient (Wildman–Crippen LogP) is 1.47. The lowest BCUT2D eigenvalue weighted by atomic mass is 10.1. The molecule has 0 saturated carbocycles. The molecule has 9 heteroatoms. The van der Waals surface area contributed by atoms with Gasteiger partial charge in [-0.1, -0.05) is 29.8 Å². The van der Waals surface area contributed by atoms with Gasteiger partial charge < -0.3 is 15.0 Å². The Morgan fingerprint density at radius 2 is 2.00 bits per heavy atom. The van der Waals surface area contributed by atoms with Crippen molar-refractivity contribution >= 4 is 35.4 Å². The van der Waals surface area contributed by atoms with E-state index in [4.69, 9.17) is 16.3 Å². The Morgan fingerprint density at radius 3 is 2.67 bits per heavy atom. The van der Waals surface area contributed by atoms with Gasteiger partial charge in [-0.3, -0.25) is 19.7 Å².